The molecule has 0 aliphatic carbocycles. The lowest BCUT2D eigenvalue weighted by atomic mass is 10.1. The van der Waals surface area contributed by atoms with E-state index in [9.17, 15) is 0 Å². The summed E-state index contributed by atoms with van der Waals surface area (Å²) in [5.41, 5.74) is 10.2. The summed E-state index contributed by atoms with van der Waals surface area (Å²) in [7, 11) is 0. The summed E-state index contributed by atoms with van der Waals surface area (Å²) >= 11 is 14.2. The molecular formula is C26H34Cl2N4OS. The monoisotopic (exact) mass is 520 g/mol. The van der Waals surface area contributed by atoms with Gasteiger partial charge in [-0.1, -0.05) is 93.0 Å². The van der Waals surface area contributed by atoms with Gasteiger partial charge in [0.15, 0.2) is 4.80 Å². The van der Waals surface area contributed by atoms with Gasteiger partial charge in [0, 0.05) is 22.7 Å². The van der Waals surface area contributed by atoms with Crippen LogP contribution in [-0.4, -0.2) is 17.7 Å². The number of ether oxygens (including phenoxy) is 1. The lowest BCUT2D eigenvalue weighted by Gasteiger charge is -2.11. The first-order valence-corrected chi connectivity index (χ1v) is 13.8. The Hall–Kier alpha value is -1.89. The van der Waals surface area contributed by atoms with Gasteiger partial charge in [-0.15, -0.1) is 0 Å². The molecule has 184 valence electrons. The molecule has 0 amide bonds. The molecule has 2 aromatic carbocycles. The van der Waals surface area contributed by atoms with Gasteiger partial charge in [0.25, 0.3) is 0 Å². The molecule has 1 N–H and O–H groups in total. The minimum Gasteiger partial charge on any atom is -0.491 e. The minimum absolute atomic E-state index is 0.552. The van der Waals surface area contributed by atoms with Gasteiger partial charge in [0.1, 0.15) is 11.4 Å². The fraction of sp³-hybridized carbons (Fsp3) is 0.500. The van der Waals surface area contributed by atoms with Crippen LogP contribution in [0.15, 0.2) is 40.4 Å². The molecule has 0 aliphatic heterocycles. The maximum absolute atomic E-state index is 7.67. The molecule has 0 saturated heterocycles. The van der Waals surface area contributed by atoms with E-state index in [1.54, 1.807) is 17.4 Å². The third kappa shape index (κ3) is 7.30. The molecule has 8 heteroatoms. The summed E-state index contributed by atoms with van der Waals surface area (Å²) in [6, 6.07) is 9.52. The van der Waals surface area contributed by atoms with Gasteiger partial charge >= 0.3 is 0 Å². The van der Waals surface area contributed by atoms with E-state index in [0.717, 1.165) is 52.8 Å². The predicted molar refractivity (Wildman–Crippen MR) is 144 cm³/mol. The average molecular weight is 522 g/mol. The Morgan fingerprint density at radius 2 is 1.74 bits per heavy atom. The normalized spacial score (nSPS) is 11.9. The Morgan fingerprint density at radius 3 is 2.47 bits per heavy atom. The zero-order chi connectivity index (χ0) is 24.3. The number of benzene rings is 2. The molecule has 3 rings (SSSR count). The fourth-order valence-corrected chi connectivity index (χ4v) is 5.32. The quantitative estimate of drug-likeness (QED) is 0.167. The van der Waals surface area contributed by atoms with Crippen LogP contribution in [0, 0.1) is 5.53 Å². The van der Waals surface area contributed by atoms with Crippen molar-refractivity contribution in [1.82, 2.24) is 4.57 Å². The maximum Gasteiger partial charge on any atom is 0.186 e. The number of aromatic nitrogens is 1. The molecule has 1 heterocycles. The van der Waals surface area contributed by atoms with Crippen molar-refractivity contribution in [2.75, 3.05) is 13.2 Å². The Kier molecular flexibility index (Phi) is 10.9. The number of unbranched alkanes of at least 4 members (excludes halogenated alkanes) is 6. The second-order valence-corrected chi connectivity index (χ2v) is 10.3. The van der Waals surface area contributed by atoms with Gasteiger partial charge in [0.2, 0.25) is 0 Å². The van der Waals surface area contributed by atoms with Crippen molar-refractivity contribution in [3.63, 3.8) is 0 Å². The van der Waals surface area contributed by atoms with Gasteiger partial charge in [-0.05, 0) is 36.6 Å². The van der Waals surface area contributed by atoms with Crippen LogP contribution in [0.3, 0.4) is 0 Å². The lowest BCUT2D eigenvalue weighted by Crippen LogP contribution is -2.16. The first kappa shape index (κ1) is 26.7. The molecule has 0 fully saturated rings. The number of thiazole rings is 1. The highest BCUT2D eigenvalue weighted by atomic mass is 35.5. The first-order chi connectivity index (χ1) is 16.6. The van der Waals surface area contributed by atoms with Crippen LogP contribution in [0.25, 0.3) is 10.2 Å². The fourth-order valence-electron chi connectivity index (χ4n) is 3.78. The molecule has 0 aliphatic rings. The number of fused-ring (bicyclic) bond motifs is 1. The second kappa shape index (κ2) is 13.9. The first-order valence-electron chi connectivity index (χ1n) is 12.2. The van der Waals surface area contributed by atoms with E-state index in [0.29, 0.717) is 34.6 Å². The zero-order valence-corrected chi connectivity index (χ0v) is 22.4. The average Bonchev–Trinajstić information content (AvgIpc) is 3.15. The van der Waals surface area contributed by atoms with Crippen molar-refractivity contribution in [2.45, 2.75) is 71.8 Å². The third-order valence-corrected chi connectivity index (χ3v) is 7.41. The summed E-state index contributed by atoms with van der Waals surface area (Å²) in [5, 5.41) is 4.99. The zero-order valence-electron chi connectivity index (χ0n) is 20.1. The van der Waals surface area contributed by atoms with E-state index in [4.69, 9.17) is 38.5 Å². The molecule has 3 aromatic rings. The molecule has 0 unspecified atom stereocenters. The number of rotatable bonds is 14. The van der Waals surface area contributed by atoms with Crippen molar-refractivity contribution in [3.8, 4) is 5.75 Å². The third-order valence-electron chi connectivity index (χ3n) is 5.74. The summed E-state index contributed by atoms with van der Waals surface area (Å²) in [6.45, 7) is 6.37. The topological polar surface area (TPSA) is 62.7 Å². The maximum atomic E-state index is 7.67. The summed E-state index contributed by atoms with van der Waals surface area (Å²) in [6.07, 6.45) is 9.35. The molecule has 5 nitrogen and oxygen atoms in total. The smallest absolute Gasteiger partial charge is 0.186 e. The standard InChI is InChI=1S/C26H34Cl2N4OS/c1-3-5-7-8-9-10-14-33-24-17-23-25(16-22(24)31-29)34-26(30-13-6-4-2)32(23)18-19-11-12-20(27)15-21(19)28/h11-12,15-17,29H,3-10,13-14,18H2,1-2H3. The Labute approximate surface area is 216 Å². The van der Waals surface area contributed by atoms with Crippen molar-refractivity contribution < 1.29 is 4.74 Å². The van der Waals surface area contributed by atoms with Gasteiger partial charge < -0.3 is 9.30 Å². The summed E-state index contributed by atoms with van der Waals surface area (Å²) in [4.78, 5) is 5.80. The molecule has 0 radical (unpaired) electrons. The van der Waals surface area contributed by atoms with Crippen LogP contribution < -0.4 is 9.54 Å². The van der Waals surface area contributed by atoms with Crippen LogP contribution in [0.2, 0.25) is 10.0 Å². The molecule has 0 spiro atoms. The van der Waals surface area contributed by atoms with Crippen LogP contribution in [-0.2, 0) is 6.54 Å². The van der Waals surface area contributed by atoms with Crippen molar-refractivity contribution in [2.24, 2.45) is 10.1 Å². The van der Waals surface area contributed by atoms with E-state index in [-0.39, 0.29) is 0 Å². The summed E-state index contributed by atoms with van der Waals surface area (Å²) < 4.78 is 9.30. The van der Waals surface area contributed by atoms with Crippen molar-refractivity contribution >= 4 is 50.4 Å². The molecular weight excluding hydrogens is 487 g/mol. The highest BCUT2D eigenvalue weighted by molar-refractivity contribution is 7.16. The van der Waals surface area contributed by atoms with Crippen molar-refractivity contribution in [1.29, 1.82) is 5.53 Å². The molecule has 34 heavy (non-hydrogen) atoms. The van der Waals surface area contributed by atoms with E-state index in [2.05, 4.69) is 23.5 Å². The predicted octanol–water partition coefficient (Wildman–Crippen LogP) is 9.16. The Bertz CT molecular complexity index is 1160. The molecule has 0 atom stereocenters. The largest absolute Gasteiger partial charge is 0.491 e. The molecule has 1 aromatic heterocycles. The summed E-state index contributed by atoms with van der Waals surface area (Å²) in [5.74, 6) is 0.643. The lowest BCUT2D eigenvalue weighted by molar-refractivity contribution is 0.305. The van der Waals surface area contributed by atoms with Gasteiger partial charge in [-0.25, -0.2) is 5.53 Å². The van der Waals surface area contributed by atoms with E-state index in [1.165, 1.54) is 25.7 Å². The van der Waals surface area contributed by atoms with Crippen LogP contribution >= 0.6 is 34.5 Å². The van der Waals surface area contributed by atoms with Gasteiger partial charge in [0.05, 0.1) is 23.4 Å². The highest BCUT2D eigenvalue weighted by Crippen LogP contribution is 2.35. The number of hydrogen-bond acceptors (Lipinski definition) is 5. The van der Waals surface area contributed by atoms with Gasteiger partial charge in [-0.3, -0.25) is 4.99 Å². The highest BCUT2D eigenvalue weighted by Gasteiger charge is 2.14. The molecule has 0 bridgehead atoms. The second-order valence-electron chi connectivity index (χ2n) is 8.46. The number of nitrogens with zero attached hydrogens (tertiary/aromatic N) is 3. The van der Waals surface area contributed by atoms with E-state index >= 15 is 0 Å². The van der Waals surface area contributed by atoms with Crippen LogP contribution in [0.1, 0.15) is 70.8 Å². The van der Waals surface area contributed by atoms with Crippen LogP contribution in [0.5, 0.6) is 5.75 Å². The number of nitrogens with one attached hydrogen (secondary N) is 1. The van der Waals surface area contributed by atoms with Gasteiger partial charge in [-0.2, -0.15) is 5.11 Å². The van der Waals surface area contributed by atoms with Crippen LogP contribution in [0.4, 0.5) is 5.69 Å². The Morgan fingerprint density at radius 1 is 0.971 bits per heavy atom. The minimum atomic E-state index is 0.552. The number of hydrogen-bond donors (Lipinski definition) is 1. The number of halogens is 2. The van der Waals surface area contributed by atoms with E-state index < -0.39 is 0 Å². The Balaban J connectivity index is 1.91. The van der Waals surface area contributed by atoms with E-state index in [1.807, 2.05) is 24.3 Å². The SMILES string of the molecule is CCCCCCCCOc1cc2c(cc1N=N)sc(=NCCCC)n2Cc1ccc(Cl)cc1Cl. The van der Waals surface area contributed by atoms with Crippen molar-refractivity contribution in [3.05, 3.63) is 50.7 Å². The molecule has 0 saturated carbocycles.